The molecule has 0 amide bonds. The van der Waals surface area contributed by atoms with Crippen molar-refractivity contribution >= 4 is 40.0 Å². The Morgan fingerprint density at radius 1 is 0.944 bits per heavy atom. The maximum absolute atomic E-state index is 11.8. The van der Waals surface area contributed by atoms with Crippen molar-refractivity contribution in [3.05, 3.63) is 70.7 Å². The van der Waals surface area contributed by atoms with Crippen molar-refractivity contribution in [2.45, 2.75) is 4.87 Å². The highest BCUT2D eigenvalue weighted by Gasteiger charge is 2.38. The maximum Gasteiger partial charge on any atom is 0.251 e. The van der Waals surface area contributed by atoms with Crippen LogP contribution in [0.3, 0.4) is 0 Å². The lowest BCUT2D eigenvalue weighted by Crippen LogP contribution is -2.27. The summed E-state index contributed by atoms with van der Waals surface area (Å²) >= 11 is 18.1. The summed E-state index contributed by atoms with van der Waals surface area (Å²) in [5.74, 6) is 0. The molecule has 1 atom stereocenters. The van der Waals surface area contributed by atoms with Crippen LogP contribution in [-0.4, -0.2) is 5.24 Å². The molecule has 0 N–H and O–H groups in total. The van der Waals surface area contributed by atoms with Gasteiger partial charge in [0.05, 0.1) is 0 Å². The fraction of sp³-hybridized carbons (Fsp3) is 0.0714. The summed E-state index contributed by atoms with van der Waals surface area (Å²) in [4.78, 5) is 10.4. The molecule has 92 valence electrons. The Morgan fingerprint density at radius 2 is 1.56 bits per heavy atom. The van der Waals surface area contributed by atoms with Crippen LogP contribution in [-0.2, 0) is 9.67 Å². The first kappa shape index (κ1) is 13.4. The highest BCUT2D eigenvalue weighted by atomic mass is 35.5. The van der Waals surface area contributed by atoms with Gasteiger partial charge in [-0.25, -0.2) is 0 Å². The molecule has 0 aliphatic carbocycles. The lowest BCUT2D eigenvalue weighted by Gasteiger charge is -2.24. The van der Waals surface area contributed by atoms with Crippen molar-refractivity contribution in [2.75, 3.05) is 0 Å². The molecule has 0 aromatic heterocycles. The van der Waals surface area contributed by atoms with Gasteiger partial charge in [-0.2, -0.15) is 0 Å². The number of benzene rings is 2. The van der Waals surface area contributed by atoms with E-state index in [0.29, 0.717) is 16.1 Å². The van der Waals surface area contributed by atoms with Crippen LogP contribution in [0.1, 0.15) is 11.1 Å². The van der Waals surface area contributed by atoms with Crippen molar-refractivity contribution < 1.29 is 4.79 Å². The SMILES string of the molecule is O=C(Cl)C(Cl)(c1ccccc1)c1cccc(Cl)c1. The van der Waals surface area contributed by atoms with Gasteiger partial charge in [0, 0.05) is 5.02 Å². The highest BCUT2D eigenvalue weighted by molar-refractivity contribution is 6.71. The van der Waals surface area contributed by atoms with Gasteiger partial charge in [0.2, 0.25) is 0 Å². The molecule has 1 nitrogen and oxygen atoms in total. The fourth-order valence-corrected chi connectivity index (χ4v) is 2.42. The van der Waals surface area contributed by atoms with E-state index >= 15 is 0 Å². The first-order valence-electron chi connectivity index (χ1n) is 5.25. The number of halogens is 3. The van der Waals surface area contributed by atoms with E-state index in [1.54, 1.807) is 48.5 Å². The number of carbonyl (C=O) groups is 1. The minimum Gasteiger partial charge on any atom is -0.278 e. The van der Waals surface area contributed by atoms with Crippen molar-refractivity contribution in [2.24, 2.45) is 0 Å². The van der Waals surface area contributed by atoms with E-state index in [0.717, 1.165) is 0 Å². The number of hydrogen-bond acceptors (Lipinski definition) is 1. The Hall–Kier alpha value is -1.02. The van der Waals surface area contributed by atoms with Gasteiger partial charge in [-0.3, -0.25) is 4.79 Å². The van der Waals surface area contributed by atoms with E-state index in [1.807, 2.05) is 6.07 Å². The molecule has 2 aromatic rings. The largest absolute Gasteiger partial charge is 0.278 e. The second kappa shape index (κ2) is 5.31. The van der Waals surface area contributed by atoms with Crippen LogP contribution in [0.2, 0.25) is 5.02 Å². The quantitative estimate of drug-likeness (QED) is 0.598. The molecule has 0 saturated heterocycles. The maximum atomic E-state index is 11.8. The van der Waals surface area contributed by atoms with Gasteiger partial charge in [-0.1, -0.05) is 65.7 Å². The van der Waals surface area contributed by atoms with Gasteiger partial charge < -0.3 is 0 Å². The first-order chi connectivity index (χ1) is 8.55. The Morgan fingerprint density at radius 3 is 2.11 bits per heavy atom. The predicted octanol–water partition coefficient (Wildman–Crippen LogP) is 4.59. The zero-order valence-corrected chi connectivity index (χ0v) is 11.5. The smallest absolute Gasteiger partial charge is 0.251 e. The van der Waals surface area contributed by atoms with E-state index in [1.165, 1.54) is 0 Å². The Kier molecular flexibility index (Phi) is 3.96. The van der Waals surface area contributed by atoms with Gasteiger partial charge in [0.1, 0.15) is 0 Å². The van der Waals surface area contributed by atoms with E-state index in [2.05, 4.69) is 0 Å². The van der Waals surface area contributed by atoms with Crippen LogP contribution in [0.25, 0.3) is 0 Å². The van der Waals surface area contributed by atoms with E-state index in [-0.39, 0.29) is 0 Å². The summed E-state index contributed by atoms with van der Waals surface area (Å²) in [5, 5.41) is -0.149. The van der Waals surface area contributed by atoms with Gasteiger partial charge >= 0.3 is 0 Å². The normalized spacial score (nSPS) is 13.9. The number of carbonyl (C=O) groups excluding carboxylic acids is 1. The average molecular weight is 300 g/mol. The molecule has 2 aromatic carbocycles. The third-order valence-corrected chi connectivity index (χ3v) is 3.89. The second-order valence-corrected chi connectivity index (χ2v) is 5.16. The molecule has 0 fully saturated rings. The van der Waals surface area contributed by atoms with Crippen molar-refractivity contribution in [3.8, 4) is 0 Å². The van der Waals surface area contributed by atoms with Crippen LogP contribution in [0.5, 0.6) is 0 Å². The third kappa shape index (κ3) is 2.39. The van der Waals surface area contributed by atoms with Gasteiger partial charge in [0.25, 0.3) is 5.24 Å². The Balaban J connectivity index is 2.62. The van der Waals surface area contributed by atoms with Crippen molar-refractivity contribution in [3.63, 3.8) is 0 Å². The molecule has 0 aliphatic heterocycles. The summed E-state index contributed by atoms with van der Waals surface area (Å²) in [6, 6.07) is 15.8. The topological polar surface area (TPSA) is 17.1 Å². The summed E-state index contributed by atoms with van der Waals surface area (Å²) in [7, 11) is 0. The monoisotopic (exact) mass is 298 g/mol. The molecule has 0 heterocycles. The summed E-state index contributed by atoms with van der Waals surface area (Å²) in [5.41, 5.74) is 1.18. The van der Waals surface area contributed by atoms with Crippen LogP contribution < -0.4 is 0 Å². The zero-order chi connectivity index (χ0) is 13.2. The molecule has 0 spiro atoms. The molecule has 1 unspecified atom stereocenters. The summed E-state index contributed by atoms with van der Waals surface area (Å²) in [6.07, 6.45) is 0. The van der Waals surface area contributed by atoms with Gasteiger partial charge in [0.15, 0.2) is 4.87 Å². The Bertz CT molecular complexity index is 568. The van der Waals surface area contributed by atoms with Crippen LogP contribution in [0, 0.1) is 0 Å². The molecule has 0 bridgehead atoms. The van der Waals surface area contributed by atoms with Gasteiger partial charge in [-0.05, 0) is 34.9 Å². The minimum atomic E-state index is -1.41. The molecule has 4 heteroatoms. The molecular weight excluding hydrogens is 291 g/mol. The van der Waals surface area contributed by atoms with Crippen LogP contribution >= 0.6 is 34.8 Å². The molecule has 2 rings (SSSR count). The molecule has 0 aliphatic rings. The molecule has 0 saturated carbocycles. The first-order valence-corrected chi connectivity index (χ1v) is 6.39. The lowest BCUT2D eigenvalue weighted by atomic mass is 9.91. The third-order valence-electron chi connectivity index (χ3n) is 2.66. The minimum absolute atomic E-state index is 0.506. The molecule has 18 heavy (non-hydrogen) atoms. The van der Waals surface area contributed by atoms with E-state index < -0.39 is 10.1 Å². The summed E-state index contributed by atoms with van der Waals surface area (Å²) < 4.78 is 0. The van der Waals surface area contributed by atoms with E-state index in [9.17, 15) is 4.79 Å². The Labute approximate surface area is 120 Å². The fourth-order valence-electron chi connectivity index (χ4n) is 1.76. The van der Waals surface area contributed by atoms with E-state index in [4.69, 9.17) is 34.8 Å². The highest BCUT2D eigenvalue weighted by Crippen LogP contribution is 2.39. The van der Waals surface area contributed by atoms with Crippen molar-refractivity contribution in [1.82, 2.24) is 0 Å². The number of hydrogen-bond donors (Lipinski definition) is 0. The van der Waals surface area contributed by atoms with Crippen LogP contribution in [0.4, 0.5) is 0 Å². The molecular formula is C14H9Cl3O. The number of alkyl halides is 1. The summed E-state index contributed by atoms with van der Waals surface area (Å²) in [6.45, 7) is 0. The van der Waals surface area contributed by atoms with Gasteiger partial charge in [-0.15, -0.1) is 0 Å². The lowest BCUT2D eigenvalue weighted by molar-refractivity contribution is -0.113. The molecule has 0 radical (unpaired) electrons. The average Bonchev–Trinajstić information content (AvgIpc) is 2.38. The predicted molar refractivity (Wildman–Crippen MR) is 75.4 cm³/mol. The van der Waals surface area contributed by atoms with Crippen LogP contribution in [0.15, 0.2) is 54.6 Å². The zero-order valence-electron chi connectivity index (χ0n) is 9.24. The second-order valence-electron chi connectivity index (χ2n) is 3.81. The standard InChI is InChI=1S/C14H9Cl3O/c15-12-8-4-7-11(9-12)14(17,13(16)18)10-5-2-1-3-6-10/h1-9H. The van der Waals surface area contributed by atoms with Crippen molar-refractivity contribution in [1.29, 1.82) is 0 Å². The number of rotatable bonds is 3.